The average molecular weight is 343 g/mol. The van der Waals surface area contributed by atoms with Crippen LogP contribution in [0, 0.1) is 0 Å². The number of rotatable bonds is 3. The summed E-state index contributed by atoms with van der Waals surface area (Å²) in [6.07, 6.45) is 7.10. The molecular formula is C16H17N5O2S. The number of amides is 1. The second-order valence-electron chi connectivity index (χ2n) is 6.01. The van der Waals surface area contributed by atoms with E-state index in [1.807, 2.05) is 23.5 Å². The first kappa shape index (κ1) is 15.1. The van der Waals surface area contributed by atoms with Crippen molar-refractivity contribution in [1.82, 2.24) is 24.2 Å². The van der Waals surface area contributed by atoms with Crippen LogP contribution in [-0.2, 0) is 18.4 Å². The lowest BCUT2D eigenvalue weighted by Gasteiger charge is -2.24. The number of aryl methyl sites for hydroxylation is 1. The molecule has 0 saturated carbocycles. The number of carbonyl (C=O) groups is 1. The summed E-state index contributed by atoms with van der Waals surface area (Å²) in [5.74, 6) is -0.0557. The molecule has 1 saturated heterocycles. The van der Waals surface area contributed by atoms with Crippen molar-refractivity contribution >= 4 is 27.5 Å². The van der Waals surface area contributed by atoms with E-state index in [1.54, 1.807) is 16.9 Å². The minimum absolute atomic E-state index is 0.0222. The zero-order chi connectivity index (χ0) is 16.7. The van der Waals surface area contributed by atoms with E-state index in [4.69, 9.17) is 0 Å². The van der Waals surface area contributed by atoms with Crippen molar-refractivity contribution in [3.63, 3.8) is 0 Å². The molecule has 8 heteroatoms. The molecule has 0 N–H and O–H groups in total. The molecule has 3 aromatic heterocycles. The van der Waals surface area contributed by atoms with Crippen LogP contribution in [0.15, 0.2) is 35.0 Å². The normalized spacial score (nSPS) is 17.7. The van der Waals surface area contributed by atoms with Crippen LogP contribution >= 0.6 is 11.3 Å². The first-order valence-electron chi connectivity index (χ1n) is 7.84. The number of nitrogens with zero attached hydrogens (tertiary/aromatic N) is 5. The number of thiophene rings is 1. The second kappa shape index (κ2) is 5.86. The number of hydrogen-bond donors (Lipinski definition) is 0. The quantitative estimate of drug-likeness (QED) is 0.723. The van der Waals surface area contributed by atoms with Gasteiger partial charge in [-0.05, 0) is 24.3 Å². The van der Waals surface area contributed by atoms with Crippen LogP contribution in [0.2, 0.25) is 0 Å². The molecule has 0 spiro atoms. The minimum atomic E-state index is -0.160. The molecule has 0 radical (unpaired) electrons. The van der Waals surface area contributed by atoms with Crippen molar-refractivity contribution in [3.8, 4) is 0 Å². The Kier molecular flexibility index (Phi) is 3.68. The van der Waals surface area contributed by atoms with Gasteiger partial charge in [-0.25, -0.2) is 4.98 Å². The van der Waals surface area contributed by atoms with Crippen LogP contribution in [0.5, 0.6) is 0 Å². The fourth-order valence-corrected chi connectivity index (χ4v) is 3.99. The summed E-state index contributed by atoms with van der Waals surface area (Å²) in [4.78, 5) is 32.0. The largest absolute Gasteiger partial charge is 0.334 e. The maximum Gasteiger partial charge on any atom is 0.262 e. The van der Waals surface area contributed by atoms with E-state index in [2.05, 4.69) is 10.1 Å². The topological polar surface area (TPSA) is 73.0 Å². The first-order chi connectivity index (χ1) is 11.6. The molecule has 4 heterocycles. The van der Waals surface area contributed by atoms with Crippen molar-refractivity contribution in [2.45, 2.75) is 25.4 Å². The Hall–Kier alpha value is -2.48. The Morgan fingerprint density at radius 3 is 3.12 bits per heavy atom. The fourth-order valence-electron chi connectivity index (χ4n) is 3.27. The molecule has 0 aliphatic carbocycles. The van der Waals surface area contributed by atoms with Gasteiger partial charge in [0.15, 0.2) is 0 Å². The Bertz CT molecular complexity index is 957. The van der Waals surface area contributed by atoms with Crippen molar-refractivity contribution in [3.05, 3.63) is 46.1 Å². The number of carbonyl (C=O) groups excluding carboxylic acids is 1. The predicted octanol–water partition coefficient (Wildman–Crippen LogP) is 1.56. The van der Waals surface area contributed by atoms with Crippen molar-refractivity contribution < 1.29 is 4.79 Å². The van der Waals surface area contributed by atoms with Gasteiger partial charge in [-0.1, -0.05) is 0 Å². The average Bonchev–Trinajstić information content (AvgIpc) is 3.28. The molecule has 24 heavy (non-hydrogen) atoms. The van der Waals surface area contributed by atoms with Gasteiger partial charge in [0, 0.05) is 25.4 Å². The van der Waals surface area contributed by atoms with E-state index in [0.29, 0.717) is 16.8 Å². The van der Waals surface area contributed by atoms with Crippen LogP contribution in [0.4, 0.5) is 0 Å². The Morgan fingerprint density at radius 1 is 1.46 bits per heavy atom. The number of hydrogen-bond acceptors (Lipinski definition) is 5. The monoisotopic (exact) mass is 343 g/mol. The molecule has 1 aliphatic heterocycles. The van der Waals surface area contributed by atoms with Crippen molar-refractivity contribution in [2.75, 3.05) is 6.54 Å². The molecule has 7 nitrogen and oxygen atoms in total. The van der Waals surface area contributed by atoms with E-state index >= 15 is 0 Å². The molecule has 1 amide bonds. The zero-order valence-electron chi connectivity index (χ0n) is 13.3. The van der Waals surface area contributed by atoms with E-state index < -0.39 is 0 Å². The fraction of sp³-hybridized carbons (Fsp3) is 0.375. The third kappa shape index (κ3) is 2.52. The van der Waals surface area contributed by atoms with Gasteiger partial charge in [0.25, 0.3) is 5.56 Å². The standard InChI is InChI=1S/C16H17N5O2S/c1-19-8-11(7-18-19)13-3-2-5-21(13)14(22)9-20-10-17-15-12(16(20)23)4-6-24-15/h4,6-8,10,13H,2-3,5,9H2,1H3/t13-/m0/s1. The third-order valence-electron chi connectivity index (χ3n) is 4.44. The van der Waals surface area contributed by atoms with Gasteiger partial charge in [0.1, 0.15) is 11.4 Å². The molecule has 0 aromatic carbocycles. The molecule has 0 bridgehead atoms. The van der Waals surface area contributed by atoms with E-state index in [0.717, 1.165) is 18.4 Å². The minimum Gasteiger partial charge on any atom is -0.334 e. The van der Waals surface area contributed by atoms with Crippen LogP contribution < -0.4 is 5.56 Å². The van der Waals surface area contributed by atoms with Gasteiger partial charge in [-0.2, -0.15) is 5.10 Å². The first-order valence-corrected chi connectivity index (χ1v) is 8.72. The highest BCUT2D eigenvalue weighted by Gasteiger charge is 2.30. The van der Waals surface area contributed by atoms with Gasteiger partial charge in [0.2, 0.25) is 5.91 Å². The number of aromatic nitrogens is 4. The lowest BCUT2D eigenvalue weighted by molar-refractivity contribution is -0.132. The van der Waals surface area contributed by atoms with E-state index in [-0.39, 0.29) is 24.1 Å². The molecule has 3 aromatic rings. The lowest BCUT2D eigenvalue weighted by atomic mass is 10.1. The van der Waals surface area contributed by atoms with Crippen LogP contribution in [-0.4, -0.2) is 36.7 Å². The molecule has 124 valence electrons. The lowest BCUT2D eigenvalue weighted by Crippen LogP contribution is -2.36. The summed E-state index contributed by atoms with van der Waals surface area (Å²) < 4.78 is 3.14. The van der Waals surface area contributed by atoms with Gasteiger partial charge >= 0.3 is 0 Å². The Morgan fingerprint density at radius 2 is 2.33 bits per heavy atom. The maximum absolute atomic E-state index is 12.7. The Balaban J connectivity index is 1.58. The van der Waals surface area contributed by atoms with Crippen LogP contribution in [0.3, 0.4) is 0 Å². The number of likely N-dealkylation sites (tertiary alicyclic amines) is 1. The zero-order valence-corrected chi connectivity index (χ0v) is 14.1. The second-order valence-corrected chi connectivity index (χ2v) is 6.90. The highest BCUT2D eigenvalue weighted by molar-refractivity contribution is 7.16. The maximum atomic E-state index is 12.7. The predicted molar refractivity (Wildman–Crippen MR) is 90.8 cm³/mol. The smallest absolute Gasteiger partial charge is 0.262 e. The molecule has 1 aliphatic rings. The molecule has 0 unspecified atom stereocenters. The summed E-state index contributed by atoms with van der Waals surface area (Å²) in [6.45, 7) is 0.732. The molecule has 1 fully saturated rings. The molecule has 4 rings (SSSR count). The third-order valence-corrected chi connectivity index (χ3v) is 5.26. The Labute approximate surface area is 142 Å². The van der Waals surface area contributed by atoms with Crippen LogP contribution in [0.1, 0.15) is 24.4 Å². The van der Waals surface area contributed by atoms with Gasteiger partial charge in [-0.3, -0.25) is 18.8 Å². The van der Waals surface area contributed by atoms with Gasteiger partial charge < -0.3 is 4.90 Å². The highest BCUT2D eigenvalue weighted by atomic mass is 32.1. The molecule has 1 atom stereocenters. The van der Waals surface area contributed by atoms with Gasteiger partial charge in [-0.15, -0.1) is 11.3 Å². The van der Waals surface area contributed by atoms with Crippen molar-refractivity contribution in [2.24, 2.45) is 7.05 Å². The summed E-state index contributed by atoms with van der Waals surface area (Å²) >= 11 is 1.43. The SMILES string of the molecule is Cn1cc([C@@H]2CCCN2C(=O)Cn2cnc3sccc3c2=O)cn1. The summed E-state index contributed by atoms with van der Waals surface area (Å²) in [6, 6.07) is 1.80. The summed E-state index contributed by atoms with van der Waals surface area (Å²) in [7, 11) is 1.87. The molecular weight excluding hydrogens is 326 g/mol. The van der Waals surface area contributed by atoms with E-state index in [9.17, 15) is 9.59 Å². The van der Waals surface area contributed by atoms with Crippen LogP contribution in [0.25, 0.3) is 10.2 Å². The van der Waals surface area contributed by atoms with Gasteiger partial charge in [0.05, 0.1) is 24.0 Å². The highest BCUT2D eigenvalue weighted by Crippen LogP contribution is 2.31. The van der Waals surface area contributed by atoms with Crippen molar-refractivity contribution in [1.29, 1.82) is 0 Å². The number of fused-ring (bicyclic) bond motifs is 1. The van der Waals surface area contributed by atoms with E-state index in [1.165, 1.54) is 22.2 Å². The summed E-state index contributed by atoms with van der Waals surface area (Å²) in [5, 5.41) is 6.60. The summed E-state index contributed by atoms with van der Waals surface area (Å²) in [5.41, 5.74) is 0.883.